The van der Waals surface area contributed by atoms with E-state index in [2.05, 4.69) is 48.1 Å². The third kappa shape index (κ3) is 2.10. The fourth-order valence-corrected chi connectivity index (χ4v) is 1.08. The molecule has 0 spiro atoms. The van der Waals surface area contributed by atoms with Crippen LogP contribution in [0.25, 0.3) is 0 Å². The minimum absolute atomic E-state index is 0.0777. The lowest BCUT2D eigenvalue weighted by Gasteiger charge is -2.41. The third-order valence-electron chi connectivity index (χ3n) is 2.92. The molecule has 0 radical (unpaired) electrons. The van der Waals surface area contributed by atoms with E-state index in [1.54, 1.807) is 0 Å². The summed E-state index contributed by atoms with van der Waals surface area (Å²) in [5.41, 5.74) is 7.17. The smallest absolute Gasteiger partial charge is 0.0389 e. The summed E-state index contributed by atoms with van der Waals surface area (Å²) in [6.07, 6.45) is 0. The van der Waals surface area contributed by atoms with Crippen LogP contribution in [0.2, 0.25) is 0 Å². The average Bonchev–Trinajstić information content (AvgIpc) is 1.83. The number of hydrogen-bond donors (Lipinski definition) is 1. The maximum Gasteiger partial charge on any atom is 0.0389 e. The van der Waals surface area contributed by atoms with Crippen LogP contribution < -0.4 is 5.73 Å². The third-order valence-corrected chi connectivity index (χ3v) is 2.92. The van der Waals surface area contributed by atoms with Gasteiger partial charge in [0.1, 0.15) is 0 Å². The topological polar surface area (TPSA) is 26.0 Å². The Hall–Kier alpha value is -0.300. The zero-order chi connectivity index (χ0) is 10.2. The SMILES string of the molecule is C=C(C(C)C)C(C)(N)C(C)(C)C. The Labute approximate surface area is 77.0 Å². The molecule has 0 rings (SSSR count). The molecule has 0 aliphatic rings. The Kier molecular flexibility index (Phi) is 3.13. The van der Waals surface area contributed by atoms with E-state index in [1.165, 1.54) is 0 Å². The number of rotatable bonds is 2. The van der Waals surface area contributed by atoms with Crippen molar-refractivity contribution in [3.63, 3.8) is 0 Å². The van der Waals surface area contributed by atoms with Gasteiger partial charge in [-0.3, -0.25) is 0 Å². The Morgan fingerprint density at radius 3 is 1.58 bits per heavy atom. The molecular weight excluding hydrogens is 146 g/mol. The van der Waals surface area contributed by atoms with Crippen molar-refractivity contribution in [1.29, 1.82) is 0 Å². The number of nitrogens with two attached hydrogens (primary N) is 1. The van der Waals surface area contributed by atoms with E-state index in [0.717, 1.165) is 5.57 Å². The molecule has 0 aromatic carbocycles. The van der Waals surface area contributed by atoms with Crippen LogP contribution in [0.4, 0.5) is 0 Å². The maximum atomic E-state index is 6.24. The van der Waals surface area contributed by atoms with Crippen LogP contribution in [0, 0.1) is 11.3 Å². The summed E-state index contributed by atoms with van der Waals surface area (Å²) in [5.74, 6) is 0.458. The van der Waals surface area contributed by atoms with Crippen molar-refractivity contribution in [2.45, 2.75) is 47.1 Å². The molecular formula is C11H23N. The van der Waals surface area contributed by atoms with E-state index in [4.69, 9.17) is 5.73 Å². The Bertz CT molecular complexity index is 170. The van der Waals surface area contributed by atoms with Crippen LogP contribution in [0.15, 0.2) is 12.2 Å². The second-order valence-corrected chi connectivity index (χ2v) is 5.13. The van der Waals surface area contributed by atoms with Gasteiger partial charge < -0.3 is 5.73 Å². The van der Waals surface area contributed by atoms with Gasteiger partial charge in [-0.25, -0.2) is 0 Å². The van der Waals surface area contributed by atoms with Crippen molar-refractivity contribution in [3.05, 3.63) is 12.2 Å². The summed E-state index contributed by atoms with van der Waals surface area (Å²) in [7, 11) is 0. The van der Waals surface area contributed by atoms with Gasteiger partial charge in [0, 0.05) is 5.54 Å². The van der Waals surface area contributed by atoms with Gasteiger partial charge in [-0.15, -0.1) is 0 Å². The van der Waals surface area contributed by atoms with E-state index >= 15 is 0 Å². The zero-order valence-corrected chi connectivity index (χ0v) is 9.36. The first-order chi connectivity index (χ1) is 5.10. The lowest BCUT2D eigenvalue weighted by Crippen LogP contribution is -2.51. The molecule has 72 valence electrons. The molecule has 0 fully saturated rings. The van der Waals surface area contributed by atoms with Gasteiger partial charge in [0.15, 0.2) is 0 Å². The second kappa shape index (κ2) is 3.21. The van der Waals surface area contributed by atoms with Gasteiger partial charge in [0.25, 0.3) is 0 Å². The quantitative estimate of drug-likeness (QED) is 0.632. The summed E-state index contributed by atoms with van der Waals surface area (Å²) < 4.78 is 0. The molecule has 1 nitrogen and oxygen atoms in total. The van der Waals surface area contributed by atoms with Crippen LogP contribution in [-0.4, -0.2) is 5.54 Å². The van der Waals surface area contributed by atoms with Crippen LogP contribution >= 0.6 is 0 Å². The second-order valence-electron chi connectivity index (χ2n) is 5.13. The molecule has 0 aliphatic carbocycles. The highest BCUT2D eigenvalue weighted by atomic mass is 14.8. The molecule has 0 saturated carbocycles. The van der Waals surface area contributed by atoms with Crippen LogP contribution in [0.1, 0.15) is 41.5 Å². The molecule has 0 aliphatic heterocycles. The molecule has 2 N–H and O–H groups in total. The van der Waals surface area contributed by atoms with Crippen LogP contribution in [-0.2, 0) is 0 Å². The highest BCUT2D eigenvalue weighted by Crippen LogP contribution is 2.35. The normalized spacial score (nSPS) is 17.7. The van der Waals surface area contributed by atoms with Gasteiger partial charge in [-0.05, 0) is 18.3 Å². The van der Waals surface area contributed by atoms with E-state index in [9.17, 15) is 0 Å². The molecule has 0 saturated heterocycles. The molecule has 1 atom stereocenters. The highest BCUT2D eigenvalue weighted by molar-refractivity contribution is 5.19. The van der Waals surface area contributed by atoms with Gasteiger partial charge in [0.05, 0.1) is 0 Å². The predicted molar refractivity (Wildman–Crippen MR) is 56.0 cm³/mol. The highest BCUT2D eigenvalue weighted by Gasteiger charge is 2.36. The van der Waals surface area contributed by atoms with Crippen molar-refractivity contribution in [2.75, 3.05) is 0 Å². The van der Waals surface area contributed by atoms with Crippen molar-refractivity contribution in [3.8, 4) is 0 Å². The summed E-state index contributed by atoms with van der Waals surface area (Å²) in [6.45, 7) is 16.9. The van der Waals surface area contributed by atoms with Crippen molar-refractivity contribution >= 4 is 0 Å². The largest absolute Gasteiger partial charge is 0.321 e. The fraction of sp³-hybridized carbons (Fsp3) is 0.818. The first-order valence-electron chi connectivity index (χ1n) is 4.59. The molecule has 1 unspecified atom stereocenters. The minimum atomic E-state index is -0.277. The molecule has 0 amide bonds. The molecule has 0 heterocycles. The molecule has 0 aromatic heterocycles. The van der Waals surface area contributed by atoms with Crippen molar-refractivity contribution in [1.82, 2.24) is 0 Å². The molecule has 0 aromatic rings. The fourth-order valence-electron chi connectivity index (χ4n) is 1.08. The van der Waals surface area contributed by atoms with Gasteiger partial charge in [-0.1, -0.05) is 46.8 Å². The molecule has 1 heteroatoms. The molecule has 0 bridgehead atoms. The lowest BCUT2D eigenvalue weighted by atomic mass is 9.69. The lowest BCUT2D eigenvalue weighted by molar-refractivity contribution is 0.235. The Morgan fingerprint density at radius 2 is 1.50 bits per heavy atom. The van der Waals surface area contributed by atoms with Crippen molar-refractivity contribution < 1.29 is 0 Å². The van der Waals surface area contributed by atoms with E-state index in [0.29, 0.717) is 5.92 Å². The van der Waals surface area contributed by atoms with Gasteiger partial charge in [-0.2, -0.15) is 0 Å². The van der Waals surface area contributed by atoms with E-state index in [-0.39, 0.29) is 11.0 Å². The minimum Gasteiger partial charge on any atom is -0.321 e. The average molecular weight is 169 g/mol. The predicted octanol–water partition coefficient (Wildman–Crippen LogP) is 2.96. The summed E-state index contributed by atoms with van der Waals surface area (Å²) in [4.78, 5) is 0. The van der Waals surface area contributed by atoms with Crippen LogP contribution in [0.5, 0.6) is 0 Å². The standard InChI is InChI=1S/C11H23N/c1-8(2)9(3)11(7,12)10(4,5)6/h8H,3,12H2,1-2,4-7H3. The maximum absolute atomic E-state index is 6.24. The monoisotopic (exact) mass is 169 g/mol. The molecule has 12 heavy (non-hydrogen) atoms. The number of hydrogen-bond acceptors (Lipinski definition) is 1. The summed E-state index contributed by atoms with van der Waals surface area (Å²) >= 11 is 0. The summed E-state index contributed by atoms with van der Waals surface area (Å²) in [5, 5.41) is 0. The van der Waals surface area contributed by atoms with Crippen LogP contribution in [0.3, 0.4) is 0 Å². The van der Waals surface area contributed by atoms with E-state index in [1.807, 2.05) is 0 Å². The van der Waals surface area contributed by atoms with E-state index < -0.39 is 0 Å². The summed E-state index contributed by atoms with van der Waals surface area (Å²) in [6, 6.07) is 0. The Morgan fingerprint density at radius 1 is 1.17 bits per heavy atom. The first-order valence-corrected chi connectivity index (χ1v) is 4.59. The van der Waals surface area contributed by atoms with Crippen molar-refractivity contribution in [2.24, 2.45) is 17.1 Å². The van der Waals surface area contributed by atoms with Gasteiger partial charge in [0.2, 0.25) is 0 Å². The first kappa shape index (κ1) is 11.7. The zero-order valence-electron chi connectivity index (χ0n) is 9.36. The Balaban J connectivity index is 4.74. The van der Waals surface area contributed by atoms with Gasteiger partial charge >= 0.3 is 0 Å².